The number of hydrogen-bond donors (Lipinski definition) is 3. The summed E-state index contributed by atoms with van der Waals surface area (Å²) in [4.78, 5) is 32.9. The van der Waals surface area contributed by atoms with E-state index in [2.05, 4.69) is 23.6 Å². The van der Waals surface area contributed by atoms with E-state index >= 15 is 0 Å². The van der Waals surface area contributed by atoms with Crippen LogP contribution in [0.15, 0.2) is 12.2 Å². The van der Waals surface area contributed by atoms with Crippen molar-refractivity contribution in [2.45, 2.75) is 116 Å². The van der Waals surface area contributed by atoms with Crippen molar-refractivity contribution in [3.63, 3.8) is 0 Å². The third kappa shape index (κ3) is 24.8. The van der Waals surface area contributed by atoms with E-state index in [1.807, 2.05) is 0 Å². The molecule has 0 aromatic carbocycles. The van der Waals surface area contributed by atoms with Crippen LogP contribution in [-0.4, -0.2) is 65.7 Å². The molecule has 3 N–H and O–H groups in total. The molecular weight excluding hydrogens is 503 g/mol. The lowest BCUT2D eigenvalue weighted by Crippen LogP contribution is -2.29. The van der Waals surface area contributed by atoms with Gasteiger partial charge in [0.25, 0.3) is 0 Å². The zero-order valence-corrected chi connectivity index (χ0v) is 23.6. The zero-order chi connectivity index (χ0) is 27.8. The molecule has 0 saturated carbocycles. The molecule has 3 atom stereocenters. The molecule has 0 aromatic heterocycles. The van der Waals surface area contributed by atoms with Gasteiger partial charge >= 0.3 is 19.8 Å². The van der Waals surface area contributed by atoms with Crippen LogP contribution in [0.4, 0.5) is 0 Å². The quantitative estimate of drug-likeness (QED) is 0.0612. The first-order chi connectivity index (χ1) is 17.7. The molecule has 0 rings (SSSR count). The van der Waals surface area contributed by atoms with Crippen LogP contribution in [0, 0.1) is 0 Å². The highest BCUT2D eigenvalue weighted by Gasteiger charge is 2.26. The maximum Gasteiger partial charge on any atom is 0.472 e. The van der Waals surface area contributed by atoms with Gasteiger partial charge in [-0.25, -0.2) is 4.57 Å². The Hall–Kier alpha value is -1.29. The van der Waals surface area contributed by atoms with Gasteiger partial charge in [-0.3, -0.25) is 18.6 Å². The normalized spacial score (nSPS) is 14.8. The van der Waals surface area contributed by atoms with Gasteiger partial charge < -0.3 is 24.6 Å². The number of ether oxygens (including phenoxy) is 2. The van der Waals surface area contributed by atoms with Gasteiger partial charge in [0.1, 0.15) is 12.7 Å². The molecule has 0 bridgehead atoms. The Balaban J connectivity index is 4.03. The Labute approximate surface area is 222 Å². The second-order valence-corrected chi connectivity index (χ2v) is 10.6. The van der Waals surface area contributed by atoms with Crippen molar-refractivity contribution in [2.24, 2.45) is 0 Å². The molecule has 0 radical (unpaired) electrons. The van der Waals surface area contributed by atoms with Gasteiger partial charge in [0.15, 0.2) is 6.10 Å². The van der Waals surface area contributed by atoms with Gasteiger partial charge in [0.2, 0.25) is 0 Å². The highest BCUT2D eigenvalue weighted by Crippen LogP contribution is 2.43. The minimum absolute atomic E-state index is 0.171. The smallest absolute Gasteiger partial charge is 0.462 e. The first-order valence-corrected chi connectivity index (χ1v) is 15.1. The molecule has 0 spiro atoms. The third-order valence-corrected chi connectivity index (χ3v) is 6.43. The number of hydrogen-bond acceptors (Lipinski definition) is 9. The fourth-order valence-corrected chi connectivity index (χ4v) is 4.15. The van der Waals surface area contributed by atoms with E-state index in [1.54, 1.807) is 0 Å². The summed E-state index contributed by atoms with van der Waals surface area (Å²) in [5, 5.41) is 17.9. The Bertz CT molecular complexity index is 655. The molecule has 3 unspecified atom stereocenters. The number of aliphatic hydroxyl groups excluding tert-OH is 2. The average molecular weight is 553 g/mol. The third-order valence-electron chi connectivity index (χ3n) is 5.48. The summed E-state index contributed by atoms with van der Waals surface area (Å²) in [6, 6.07) is 0. The molecule has 0 heterocycles. The van der Waals surface area contributed by atoms with Crippen molar-refractivity contribution in [3.05, 3.63) is 12.2 Å². The van der Waals surface area contributed by atoms with E-state index in [0.29, 0.717) is 6.42 Å². The van der Waals surface area contributed by atoms with E-state index in [0.717, 1.165) is 38.5 Å². The summed E-state index contributed by atoms with van der Waals surface area (Å²) < 4.78 is 31.2. The lowest BCUT2D eigenvalue weighted by Gasteiger charge is -2.20. The first kappa shape index (κ1) is 35.7. The highest BCUT2D eigenvalue weighted by molar-refractivity contribution is 7.47. The number of rotatable bonds is 25. The van der Waals surface area contributed by atoms with Crippen LogP contribution in [0.3, 0.4) is 0 Å². The van der Waals surface area contributed by atoms with Crippen LogP contribution < -0.4 is 0 Å². The van der Waals surface area contributed by atoms with E-state index in [4.69, 9.17) is 19.1 Å². The summed E-state index contributed by atoms with van der Waals surface area (Å²) in [6.07, 6.45) is 17.2. The van der Waals surface area contributed by atoms with Crippen molar-refractivity contribution in [2.75, 3.05) is 26.4 Å². The van der Waals surface area contributed by atoms with Gasteiger partial charge in [0.05, 0.1) is 19.8 Å². The Morgan fingerprint density at radius 1 is 0.838 bits per heavy atom. The van der Waals surface area contributed by atoms with Crippen LogP contribution in [-0.2, 0) is 32.7 Å². The number of phosphoric acid groups is 1. The van der Waals surface area contributed by atoms with Crippen LogP contribution in [0.2, 0.25) is 0 Å². The number of carbonyl (C=O) groups excluding carboxylic acids is 2. The highest BCUT2D eigenvalue weighted by atomic mass is 31.2. The van der Waals surface area contributed by atoms with E-state index in [1.165, 1.54) is 45.4 Å². The standard InChI is InChI=1S/C26H49O10P/c1-3-4-5-6-7-8-9-10-11-12-13-14-15-16-17-18-26(30)36-25(21-33-23(2)28)22-35-37(31,32)34-20-24(29)19-27/h10-11,24-25,27,29H,3-9,12-22H2,1-2H3,(H,31,32)/b11-10-. The number of unbranched alkanes of at least 4 members (excludes halogenated alkanes) is 11. The van der Waals surface area contributed by atoms with E-state index in [-0.39, 0.29) is 13.0 Å². The van der Waals surface area contributed by atoms with Crippen molar-refractivity contribution < 1.29 is 47.8 Å². The van der Waals surface area contributed by atoms with Crippen molar-refractivity contribution >= 4 is 19.8 Å². The summed E-state index contributed by atoms with van der Waals surface area (Å²) in [7, 11) is -4.57. The summed E-state index contributed by atoms with van der Waals surface area (Å²) >= 11 is 0. The second kappa shape index (κ2) is 23.8. The summed E-state index contributed by atoms with van der Waals surface area (Å²) in [5.74, 6) is -1.13. The molecule has 0 aliphatic rings. The molecule has 10 nitrogen and oxygen atoms in total. The topological polar surface area (TPSA) is 149 Å². The fourth-order valence-electron chi connectivity index (χ4n) is 3.36. The summed E-state index contributed by atoms with van der Waals surface area (Å²) in [5.41, 5.74) is 0. The molecule has 0 saturated heterocycles. The zero-order valence-electron chi connectivity index (χ0n) is 22.7. The molecule has 0 aliphatic heterocycles. The fraction of sp³-hybridized carbons (Fsp3) is 0.846. The lowest BCUT2D eigenvalue weighted by molar-refractivity contribution is -0.160. The second-order valence-electron chi connectivity index (χ2n) is 9.15. The number of phosphoric ester groups is 1. The molecule has 0 fully saturated rings. The first-order valence-electron chi connectivity index (χ1n) is 13.6. The van der Waals surface area contributed by atoms with Gasteiger partial charge in [-0.2, -0.15) is 0 Å². The minimum Gasteiger partial charge on any atom is -0.462 e. The monoisotopic (exact) mass is 552 g/mol. The Morgan fingerprint density at radius 3 is 1.95 bits per heavy atom. The number of allylic oxidation sites excluding steroid dienone is 2. The SMILES string of the molecule is CCCCCCCC/C=C\CCCCCCCC(=O)OC(COC(C)=O)COP(=O)(O)OCC(O)CO. The predicted molar refractivity (Wildman–Crippen MR) is 141 cm³/mol. The number of esters is 2. The van der Waals surface area contributed by atoms with Crippen molar-refractivity contribution in [1.82, 2.24) is 0 Å². The van der Waals surface area contributed by atoms with E-state index < -0.39 is 51.8 Å². The van der Waals surface area contributed by atoms with E-state index in [9.17, 15) is 24.2 Å². The van der Waals surface area contributed by atoms with Crippen molar-refractivity contribution in [3.8, 4) is 0 Å². The van der Waals surface area contributed by atoms with Gasteiger partial charge in [0, 0.05) is 13.3 Å². The average Bonchev–Trinajstić information content (AvgIpc) is 2.86. The predicted octanol–water partition coefficient (Wildman–Crippen LogP) is 4.99. The number of aliphatic hydroxyl groups is 2. The van der Waals surface area contributed by atoms with Crippen LogP contribution in [0.5, 0.6) is 0 Å². The lowest BCUT2D eigenvalue weighted by atomic mass is 10.1. The van der Waals surface area contributed by atoms with Crippen molar-refractivity contribution in [1.29, 1.82) is 0 Å². The van der Waals surface area contributed by atoms with Gasteiger partial charge in [-0.05, 0) is 32.1 Å². The maximum absolute atomic E-state index is 12.2. The molecule has 37 heavy (non-hydrogen) atoms. The summed E-state index contributed by atoms with van der Waals surface area (Å²) in [6.45, 7) is 1.26. The Kier molecular flexibility index (Phi) is 23.0. The van der Waals surface area contributed by atoms with Crippen LogP contribution in [0.25, 0.3) is 0 Å². The van der Waals surface area contributed by atoms with Gasteiger partial charge in [-0.1, -0.05) is 70.4 Å². The number of carbonyl (C=O) groups is 2. The molecule has 218 valence electrons. The Morgan fingerprint density at radius 2 is 1.38 bits per heavy atom. The largest absolute Gasteiger partial charge is 0.472 e. The van der Waals surface area contributed by atoms with Crippen LogP contribution in [0.1, 0.15) is 104 Å². The van der Waals surface area contributed by atoms with Gasteiger partial charge in [-0.15, -0.1) is 0 Å². The molecule has 0 aliphatic carbocycles. The molecule has 11 heteroatoms. The molecule has 0 aromatic rings. The maximum atomic E-state index is 12.2. The van der Waals surface area contributed by atoms with Crippen LogP contribution >= 0.6 is 7.82 Å². The molecule has 0 amide bonds. The minimum atomic E-state index is -4.57. The molecular formula is C26H49O10P.